The average Bonchev–Trinajstić information content (AvgIpc) is 2.13. The lowest BCUT2D eigenvalue weighted by atomic mass is 9.74. The molecule has 1 rings (SSSR count). The summed E-state index contributed by atoms with van der Waals surface area (Å²) in [6.07, 6.45) is 3.43. The lowest BCUT2D eigenvalue weighted by Gasteiger charge is -2.46. The molecule has 0 aromatic carbocycles. The molecule has 1 aliphatic heterocycles. The number of Topliss-reactive ketones (excluding diaryl/α,β-unsaturated/α-hetero) is 1. The number of hydrogen-bond acceptors (Lipinski definition) is 3. The van der Waals surface area contributed by atoms with Crippen LogP contribution in [0.3, 0.4) is 0 Å². The van der Waals surface area contributed by atoms with Gasteiger partial charge in [0.15, 0.2) is 5.78 Å². The van der Waals surface area contributed by atoms with E-state index in [0.29, 0.717) is 6.61 Å². The Morgan fingerprint density at radius 3 is 2.35 bits per heavy atom. The fourth-order valence-corrected chi connectivity index (χ4v) is 2.91. The minimum Gasteiger partial charge on any atom is -0.370 e. The highest BCUT2D eigenvalue weighted by molar-refractivity contribution is 5.82. The van der Waals surface area contributed by atoms with Gasteiger partial charge in [0.2, 0.25) is 0 Å². The van der Waals surface area contributed by atoms with Crippen molar-refractivity contribution in [2.24, 2.45) is 5.92 Å². The van der Waals surface area contributed by atoms with Gasteiger partial charge in [0.1, 0.15) is 6.61 Å². The van der Waals surface area contributed by atoms with Crippen LogP contribution in [0.4, 0.5) is 0 Å². The van der Waals surface area contributed by atoms with Gasteiger partial charge in [-0.05, 0) is 40.5 Å². The first kappa shape index (κ1) is 14.4. The first-order valence-corrected chi connectivity index (χ1v) is 6.26. The second-order valence-electron chi connectivity index (χ2n) is 6.27. The minimum atomic E-state index is 0.0144. The minimum absolute atomic E-state index is 0.0144. The van der Waals surface area contributed by atoms with E-state index >= 15 is 0 Å². The summed E-state index contributed by atoms with van der Waals surface area (Å²) >= 11 is 0. The molecule has 3 nitrogen and oxygen atoms in total. The Morgan fingerprint density at radius 1 is 1.35 bits per heavy atom. The molecule has 1 saturated heterocycles. The van der Waals surface area contributed by atoms with E-state index < -0.39 is 0 Å². The van der Waals surface area contributed by atoms with Crippen LogP contribution in [-0.2, 0) is 9.53 Å². The molecular formula is C14H25NO2. The maximum absolute atomic E-state index is 12.1. The molecule has 17 heavy (non-hydrogen) atoms. The standard InChI is InChI=1S/C14H25NO2/c1-6-7-17-10-12(16)11-8-13(2,3)15-14(4,5)9-11/h6,11,15H,1,7-10H2,2-5H3. The monoisotopic (exact) mass is 239 g/mol. The van der Waals surface area contributed by atoms with Gasteiger partial charge in [-0.25, -0.2) is 0 Å². The summed E-state index contributed by atoms with van der Waals surface area (Å²) in [5.74, 6) is 0.320. The van der Waals surface area contributed by atoms with Gasteiger partial charge in [0, 0.05) is 17.0 Å². The Kier molecular flexibility index (Phi) is 4.50. The Morgan fingerprint density at radius 2 is 1.88 bits per heavy atom. The molecular weight excluding hydrogens is 214 g/mol. The molecule has 98 valence electrons. The van der Waals surface area contributed by atoms with Crippen LogP contribution in [0, 0.1) is 5.92 Å². The molecule has 0 saturated carbocycles. The quantitative estimate of drug-likeness (QED) is 0.591. The molecule has 0 radical (unpaired) electrons. The summed E-state index contributed by atoms with van der Waals surface area (Å²) in [4.78, 5) is 12.1. The van der Waals surface area contributed by atoms with Crippen molar-refractivity contribution in [3.05, 3.63) is 12.7 Å². The van der Waals surface area contributed by atoms with E-state index in [-0.39, 0.29) is 29.4 Å². The summed E-state index contributed by atoms with van der Waals surface area (Å²) in [7, 11) is 0. The van der Waals surface area contributed by atoms with Gasteiger partial charge in [-0.15, -0.1) is 6.58 Å². The van der Waals surface area contributed by atoms with Crippen LogP contribution in [0.25, 0.3) is 0 Å². The highest BCUT2D eigenvalue weighted by Crippen LogP contribution is 2.33. The predicted octanol–water partition coefficient (Wildman–Crippen LogP) is 2.31. The summed E-state index contributed by atoms with van der Waals surface area (Å²) < 4.78 is 5.25. The number of ether oxygens (including phenoxy) is 1. The zero-order valence-corrected chi connectivity index (χ0v) is 11.5. The van der Waals surface area contributed by atoms with Crippen LogP contribution in [-0.4, -0.2) is 30.1 Å². The number of ketones is 1. The Labute approximate surface area is 105 Å². The fourth-order valence-electron chi connectivity index (χ4n) is 2.91. The van der Waals surface area contributed by atoms with Crippen molar-refractivity contribution in [2.45, 2.75) is 51.6 Å². The molecule has 0 atom stereocenters. The highest BCUT2D eigenvalue weighted by atomic mass is 16.5. The van der Waals surface area contributed by atoms with E-state index in [1.54, 1.807) is 6.08 Å². The SMILES string of the molecule is C=CCOCC(=O)C1CC(C)(C)NC(C)(C)C1. The van der Waals surface area contributed by atoms with Crippen LogP contribution >= 0.6 is 0 Å². The van der Waals surface area contributed by atoms with Gasteiger partial charge in [-0.3, -0.25) is 4.79 Å². The topological polar surface area (TPSA) is 38.3 Å². The van der Waals surface area contributed by atoms with E-state index in [9.17, 15) is 4.79 Å². The molecule has 1 heterocycles. The second kappa shape index (κ2) is 5.32. The smallest absolute Gasteiger partial charge is 0.161 e. The number of carbonyl (C=O) groups is 1. The van der Waals surface area contributed by atoms with Crippen molar-refractivity contribution >= 4 is 5.78 Å². The third kappa shape index (κ3) is 4.60. The van der Waals surface area contributed by atoms with E-state index in [1.165, 1.54) is 0 Å². The van der Waals surface area contributed by atoms with Crippen molar-refractivity contribution < 1.29 is 9.53 Å². The first-order valence-electron chi connectivity index (χ1n) is 6.26. The normalized spacial score (nSPS) is 23.3. The van der Waals surface area contributed by atoms with E-state index in [4.69, 9.17) is 4.74 Å². The summed E-state index contributed by atoms with van der Waals surface area (Å²) in [6, 6.07) is 0. The molecule has 0 aromatic rings. The van der Waals surface area contributed by atoms with E-state index in [1.807, 2.05) is 0 Å². The van der Waals surface area contributed by atoms with Gasteiger partial charge in [-0.1, -0.05) is 6.08 Å². The molecule has 1 fully saturated rings. The molecule has 0 bridgehead atoms. The molecule has 0 unspecified atom stereocenters. The Balaban J connectivity index is 2.58. The number of carbonyl (C=O) groups excluding carboxylic acids is 1. The van der Waals surface area contributed by atoms with Crippen LogP contribution < -0.4 is 5.32 Å². The number of rotatable bonds is 5. The van der Waals surface area contributed by atoms with Crippen molar-refractivity contribution in [1.29, 1.82) is 0 Å². The van der Waals surface area contributed by atoms with Gasteiger partial charge in [0.25, 0.3) is 0 Å². The maximum Gasteiger partial charge on any atom is 0.161 e. The third-order valence-corrected chi connectivity index (χ3v) is 3.13. The van der Waals surface area contributed by atoms with Crippen LogP contribution in [0.15, 0.2) is 12.7 Å². The van der Waals surface area contributed by atoms with Crippen LogP contribution in [0.5, 0.6) is 0 Å². The van der Waals surface area contributed by atoms with Gasteiger partial charge >= 0.3 is 0 Å². The molecule has 1 N–H and O–H groups in total. The molecule has 0 aromatic heterocycles. The number of piperidine rings is 1. The predicted molar refractivity (Wildman–Crippen MR) is 70.0 cm³/mol. The second-order valence-corrected chi connectivity index (χ2v) is 6.27. The fraction of sp³-hybridized carbons (Fsp3) is 0.786. The molecule has 3 heteroatoms. The molecule has 0 spiro atoms. The zero-order chi connectivity index (χ0) is 13.1. The zero-order valence-electron chi connectivity index (χ0n) is 11.5. The Bertz CT molecular complexity index is 279. The van der Waals surface area contributed by atoms with Crippen molar-refractivity contribution in [1.82, 2.24) is 5.32 Å². The van der Waals surface area contributed by atoms with Gasteiger partial charge in [0.05, 0.1) is 6.61 Å². The largest absolute Gasteiger partial charge is 0.370 e. The van der Waals surface area contributed by atoms with E-state index in [2.05, 4.69) is 39.6 Å². The number of hydrogen-bond donors (Lipinski definition) is 1. The molecule has 1 aliphatic rings. The van der Waals surface area contributed by atoms with Crippen molar-refractivity contribution in [3.63, 3.8) is 0 Å². The van der Waals surface area contributed by atoms with Crippen LogP contribution in [0.2, 0.25) is 0 Å². The number of nitrogens with one attached hydrogen (secondary N) is 1. The lowest BCUT2D eigenvalue weighted by molar-refractivity contribution is -0.130. The summed E-state index contributed by atoms with van der Waals surface area (Å²) in [5, 5.41) is 3.57. The summed E-state index contributed by atoms with van der Waals surface area (Å²) in [5.41, 5.74) is 0.0288. The van der Waals surface area contributed by atoms with Crippen molar-refractivity contribution in [3.8, 4) is 0 Å². The maximum atomic E-state index is 12.1. The summed E-state index contributed by atoms with van der Waals surface area (Å²) in [6.45, 7) is 12.8. The van der Waals surface area contributed by atoms with E-state index in [0.717, 1.165) is 12.8 Å². The van der Waals surface area contributed by atoms with Crippen LogP contribution in [0.1, 0.15) is 40.5 Å². The van der Waals surface area contributed by atoms with Gasteiger partial charge in [-0.2, -0.15) is 0 Å². The van der Waals surface area contributed by atoms with Crippen molar-refractivity contribution in [2.75, 3.05) is 13.2 Å². The first-order chi connectivity index (χ1) is 7.76. The Hall–Kier alpha value is -0.670. The lowest BCUT2D eigenvalue weighted by Crippen LogP contribution is -2.59. The average molecular weight is 239 g/mol. The molecule has 0 amide bonds. The van der Waals surface area contributed by atoms with Gasteiger partial charge < -0.3 is 10.1 Å². The molecule has 0 aliphatic carbocycles. The third-order valence-electron chi connectivity index (χ3n) is 3.13. The highest BCUT2D eigenvalue weighted by Gasteiger charge is 2.40.